The summed E-state index contributed by atoms with van der Waals surface area (Å²) in [6, 6.07) is 7.28. The Morgan fingerprint density at radius 2 is 1.75 bits per heavy atom. The van der Waals surface area contributed by atoms with Gasteiger partial charge < -0.3 is 10.6 Å². The molecule has 2 rings (SSSR count). The van der Waals surface area contributed by atoms with Crippen molar-refractivity contribution in [3.05, 3.63) is 29.8 Å². The van der Waals surface area contributed by atoms with E-state index in [0.717, 1.165) is 24.9 Å². The topological polar surface area (TPSA) is 66.6 Å². The van der Waals surface area contributed by atoms with Gasteiger partial charge in [0.2, 0.25) is 10.0 Å². The quantitative estimate of drug-likeness (QED) is 0.895. The molecule has 0 aromatic heterocycles. The van der Waals surface area contributed by atoms with Crippen LogP contribution in [0.5, 0.6) is 0 Å². The van der Waals surface area contributed by atoms with Crippen LogP contribution in [0.1, 0.15) is 18.4 Å². The first-order valence-corrected chi connectivity index (χ1v) is 8.33. The molecule has 1 aliphatic rings. The van der Waals surface area contributed by atoms with Crippen molar-refractivity contribution in [2.75, 3.05) is 27.2 Å². The molecule has 0 unspecified atom stereocenters. The third-order valence-electron chi connectivity index (χ3n) is 3.56. The average molecular weight is 297 g/mol. The average Bonchev–Trinajstić information content (AvgIpc) is 2.39. The minimum absolute atomic E-state index is 0.129. The maximum absolute atomic E-state index is 12.5. The first-order valence-electron chi connectivity index (χ1n) is 6.89. The van der Waals surface area contributed by atoms with Crippen LogP contribution in [0.25, 0.3) is 0 Å². The molecular formula is C14H23N3O2S. The summed E-state index contributed by atoms with van der Waals surface area (Å²) in [5.74, 6) is 0. The highest BCUT2D eigenvalue weighted by Crippen LogP contribution is 2.20. The van der Waals surface area contributed by atoms with Crippen LogP contribution in [-0.2, 0) is 16.6 Å². The second kappa shape index (κ2) is 6.22. The lowest BCUT2D eigenvalue weighted by atomic mass is 10.1. The van der Waals surface area contributed by atoms with Gasteiger partial charge in [-0.15, -0.1) is 0 Å². The van der Waals surface area contributed by atoms with E-state index in [4.69, 9.17) is 5.73 Å². The largest absolute Gasteiger partial charge is 0.328 e. The Kier molecular flexibility index (Phi) is 4.80. The molecule has 2 N–H and O–H groups in total. The van der Waals surface area contributed by atoms with Crippen molar-refractivity contribution in [2.24, 2.45) is 5.73 Å². The molecule has 1 heterocycles. The summed E-state index contributed by atoms with van der Waals surface area (Å²) in [6.45, 7) is 1.84. The number of benzene rings is 1. The second-order valence-corrected chi connectivity index (χ2v) is 7.56. The SMILES string of the molecule is CN(C)Cc1ccc(S(=O)(=O)N2CCC(N)CC2)cc1. The lowest BCUT2D eigenvalue weighted by Crippen LogP contribution is -2.42. The van der Waals surface area contributed by atoms with Crippen molar-refractivity contribution in [1.29, 1.82) is 0 Å². The van der Waals surface area contributed by atoms with Gasteiger partial charge in [-0.2, -0.15) is 4.31 Å². The van der Waals surface area contributed by atoms with Crippen molar-refractivity contribution < 1.29 is 8.42 Å². The van der Waals surface area contributed by atoms with Crippen molar-refractivity contribution in [2.45, 2.75) is 30.3 Å². The number of sulfonamides is 1. The van der Waals surface area contributed by atoms with E-state index in [1.807, 2.05) is 26.2 Å². The Bertz CT molecular complexity index is 532. The predicted octanol–water partition coefficient (Wildman–Crippen LogP) is 0.860. The zero-order valence-electron chi connectivity index (χ0n) is 12.1. The summed E-state index contributed by atoms with van der Waals surface area (Å²) in [4.78, 5) is 2.42. The second-order valence-electron chi connectivity index (χ2n) is 5.62. The first kappa shape index (κ1) is 15.4. The Morgan fingerprint density at radius 1 is 1.20 bits per heavy atom. The fourth-order valence-corrected chi connectivity index (χ4v) is 3.87. The van der Waals surface area contributed by atoms with Crippen LogP contribution in [0, 0.1) is 0 Å². The molecular weight excluding hydrogens is 274 g/mol. The van der Waals surface area contributed by atoms with Gasteiger partial charge in [-0.1, -0.05) is 12.1 Å². The highest BCUT2D eigenvalue weighted by atomic mass is 32.2. The number of nitrogens with zero attached hydrogens (tertiary/aromatic N) is 2. The molecule has 0 atom stereocenters. The van der Waals surface area contributed by atoms with Gasteiger partial charge in [-0.25, -0.2) is 8.42 Å². The molecule has 0 amide bonds. The van der Waals surface area contributed by atoms with Gasteiger partial charge in [0.15, 0.2) is 0 Å². The third kappa shape index (κ3) is 3.58. The van der Waals surface area contributed by atoms with Crippen LogP contribution in [0.3, 0.4) is 0 Å². The van der Waals surface area contributed by atoms with Gasteiger partial charge >= 0.3 is 0 Å². The molecule has 0 aliphatic carbocycles. The molecule has 1 aliphatic heterocycles. The molecule has 0 spiro atoms. The number of hydrogen-bond acceptors (Lipinski definition) is 4. The molecule has 0 radical (unpaired) electrons. The summed E-state index contributed by atoms with van der Waals surface area (Å²) in [7, 11) is 0.609. The molecule has 0 saturated carbocycles. The molecule has 5 nitrogen and oxygen atoms in total. The monoisotopic (exact) mass is 297 g/mol. The molecule has 1 fully saturated rings. The first-order chi connectivity index (χ1) is 9.39. The van der Waals surface area contributed by atoms with Crippen LogP contribution in [0.4, 0.5) is 0 Å². The van der Waals surface area contributed by atoms with E-state index in [-0.39, 0.29) is 6.04 Å². The van der Waals surface area contributed by atoms with Crippen LogP contribution in [-0.4, -0.2) is 50.8 Å². The van der Waals surface area contributed by atoms with Gasteiger partial charge in [0.25, 0.3) is 0 Å². The third-order valence-corrected chi connectivity index (χ3v) is 5.47. The van der Waals surface area contributed by atoms with E-state index in [2.05, 4.69) is 4.90 Å². The van der Waals surface area contributed by atoms with E-state index in [1.165, 1.54) is 4.31 Å². The Hall–Kier alpha value is -0.950. The summed E-state index contributed by atoms with van der Waals surface area (Å²) < 4.78 is 26.5. The Labute approximate surface area is 121 Å². The zero-order valence-corrected chi connectivity index (χ0v) is 12.9. The summed E-state index contributed by atoms with van der Waals surface area (Å²) >= 11 is 0. The van der Waals surface area contributed by atoms with Gasteiger partial charge in [0, 0.05) is 25.7 Å². The standard InChI is InChI=1S/C14H23N3O2S/c1-16(2)11-12-3-5-14(6-4-12)20(18,19)17-9-7-13(15)8-10-17/h3-6,13H,7-11,15H2,1-2H3. The molecule has 6 heteroatoms. The summed E-state index contributed by atoms with van der Waals surface area (Å²) in [5, 5.41) is 0. The van der Waals surface area contributed by atoms with Crippen LogP contribution in [0.2, 0.25) is 0 Å². The van der Waals surface area contributed by atoms with Crippen LogP contribution >= 0.6 is 0 Å². The highest BCUT2D eigenvalue weighted by Gasteiger charge is 2.27. The van der Waals surface area contributed by atoms with Crippen molar-refractivity contribution in [1.82, 2.24) is 9.21 Å². The fraction of sp³-hybridized carbons (Fsp3) is 0.571. The summed E-state index contributed by atoms with van der Waals surface area (Å²) in [6.07, 6.45) is 1.47. The lowest BCUT2D eigenvalue weighted by molar-refractivity contribution is 0.320. The van der Waals surface area contributed by atoms with E-state index >= 15 is 0 Å². The fourth-order valence-electron chi connectivity index (χ4n) is 2.40. The van der Waals surface area contributed by atoms with Gasteiger partial charge in [-0.05, 0) is 44.6 Å². The van der Waals surface area contributed by atoms with Crippen molar-refractivity contribution in [3.8, 4) is 0 Å². The summed E-state index contributed by atoms with van der Waals surface area (Å²) in [5.41, 5.74) is 6.93. The van der Waals surface area contributed by atoms with E-state index in [1.54, 1.807) is 12.1 Å². The number of hydrogen-bond donors (Lipinski definition) is 1. The minimum atomic E-state index is -3.37. The number of rotatable bonds is 4. The van der Waals surface area contributed by atoms with E-state index in [9.17, 15) is 8.42 Å². The van der Waals surface area contributed by atoms with Gasteiger partial charge in [0.05, 0.1) is 4.90 Å². The molecule has 1 aromatic carbocycles. The number of nitrogens with two attached hydrogens (primary N) is 1. The lowest BCUT2D eigenvalue weighted by Gasteiger charge is -2.29. The highest BCUT2D eigenvalue weighted by molar-refractivity contribution is 7.89. The van der Waals surface area contributed by atoms with Gasteiger partial charge in [0.1, 0.15) is 0 Å². The molecule has 112 valence electrons. The van der Waals surface area contributed by atoms with Crippen molar-refractivity contribution in [3.63, 3.8) is 0 Å². The normalized spacial score (nSPS) is 18.6. The van der Waals surface area contributed by atoms with Crippen molar-refractivity contribution >= 4 is 10.0 Å². The predicted molar refractivity (Wildman–Crippen MR) is 79.8 cm³/mol. The van der Waals surface area contributed by atoms with Crippen LogP contribution in [0.15, 0.2) is 29.2 Å². The smallest absolute Gasteiger partial charge is 0.243 e. The number of piperidine rings is 1. The molecule has 1 saturated heterocycles. The van der Waals surface area contributed by atoms with E-state index in [0.29, 0.717) is 18.0 Å². The minimum Gasteiger partial charge on any atom is -0.328 e. The van der Waals surface area contributed by atoms with E-state index < -0.39 is 10.0 Å². The maximum atomic E-state index is 12.5. The zero-order chi connectivity index (χ0) is 14.8. The Morgan fingerprint density at radius 3 is 2.25 bits per heavy atom. The maximum Gasteiger partial charge on any atom is 0.243 e. The van der Waals surface area contributed by atoms with Gasteiger partial charge in [-0.3, -0.25) is 0 Å². The molecule has 20 heavy (non-hydrogen) atoms. The molecule has 1 aromatic rings. The Balaban J connectivity index is 2.13. The van der Waals surface area contributed by atoms with Crippen LogP contribution < -0.4 is 5.73 Å². The molecule has 0 bridgehead atoms.